The molecule has 2 aliphatic rings. The third-order valence-electron chi connectivity index (χ3n) is 4.00. The van der Waals surface area contributed by atoms with E-state index in [2.05, 4.69) is 4.40 Å². The standard InChI is InChI=1S/C15H19N3O3S/c1-17(2)15(19)11-7-8-12-13(10-11)22(20,21)16-14-6-4-3-5-9-18(12)14/h7-8,10H,3-6,9H2,1-2H3. The second kappa shape index (κ2) is 5.39. The van der Waals surface area contributed by atoms with Crippen molar-refractivity contribution >= 4 is 27.5 Å². The average Bonchev–Trinajstić information content (AvgIpc) is 2.70. The lowest BCUT2D eigenvalue weighted by atomic mass is 10.1. The lowest BCUT2D eigenvalue weighted by Gasteiger charge is -2.29. The Hall–Kier alpha value is -1.89. The van der Waals surface area contributed by atoms with Crippen LogP contribution in [0.1, 0.15) is 36.0 Å². The number of fused-ring (bicyclic) bond motifs is 3. The summed E-state index contributed by atoms with van der Waals surface area (Å²) in [6.07, 6.45) is 3.72. The maximum atomic E-state index is 12.4. The van der Waals surface area contributed by atoms with Crippen molar-refractivity contribution in [2.24, 2.45) is 4.40 Å². The van der Waals surface area contributed by atoms with Crippen LogP contribution in [0, 0.1) is 0 Å². The van der Waals surface area contributed by atoms with Crippen LogP contribution in [0.2, 0.25) is 0 Å². The smallest absolute Gasteiger partial charge is 0.286 e. The number of nitrogens with zero attached hydrogens (tertiary/aromatic N) is 3. The summed E-state index contributed by atoms with van der Waals surface area (Å²) in [5.74, 6) is 0.403. The second-order valence-electron chi connectivity index (χ2n) is 5.83. The minimum absolute atomic E-state index is 0.130. The highest BCUT2D eigenvalue weighted by molar-refractivity contribution is 7.90. The molecule has 0 bridgehead atoms. The Bertz CT molecular complexity index is 753. The van der Waals surface area contributed by atoms with E-state index in [1.54, 1.807) is 26.2 Å². The Labute approximate surface area is 130 Å². The van der Waals surface area contributed by atoms with Gasteiger partial charge in [-0.1, -0.05) is 6.42 Å². The highest BCUT2D eigenvalue weighted by atomic mass is 32.2. The van der Waals surface area contributed by atoms with Crippen LogP contribution in [0.4, 0.5) is 5.69 Å². The molecule has 118 valence electrons. The van der Waals surface area contributed by atoms with Crippen LogP contribution in [0.25, 0.3) is 0 Å². The van der Waals surface area contributed by atoms with Crippen LogP contribution < -0.4 is 4.90 Å². The van der Waals surface area contributed by atoms with Gasteiger partial charge in [-0.2, -0.15) is 8.42 Å². The molecule has 0 spiro atoms. The van der Waals surface area contributed by atoms with Gasteiger partial charge in [0.05, 0.1) is 5.69 Å². The summed E-state index contributed by atoms with van der Waals surface area (Å²) in [4.78, 5) is 15.6. The van der Waals surface area contributed by atoms with Crippen LogP contribution in [-0.4, -0.2) is 45.7 Å². The zero-order valence-electron chi connectivity index (χ0n) is 12.7. The van der Waals surface area contributed by atoms with E-state index in [0.717, 1.165) is 25.8 Å². The molecule has 3 rings (SSSR count). The summed E-state index contributed by atoms with van der Waals surface area (Å²) >= 11 is 0. The third-order valence-corrected chi connectivity index (χ3v) is 5.33. The molecule has 1 saturated heterocycles. The first-order chi connectivity index (χ1) is 10.4. The maximum Gasteiger partial charge on any atom is 0.286 e. The molecule has 2 aliphatic heterocycles. The molecule has 1 fully saturated rings. The molecule has 0 aromatic heterocycles. The Kier molecular flexibility index (Phi) is 3.68. The molecule has 7 heteroatoms. The van der Waals surface area contributed by atoms with Gasteiger partial charge in [-0.3, -0.25) is 4.79 Å². The van der Waals surface area contributed by atoms with E-state index >= 15 is 0 Å². The van der Waals surface area contributed by atoms with Crippen molar-refractivity contribution in [2.75, 3.05) is 25.5 Å². The molecule has 22 heavy (non-hydrogen) atoms. The van der Waals surface area contributed by atoms with Crippen molar-refractivity contribution in [3.05, 3.63) is 23.8 Å². The Morgan fingerprint density at radius 1 is 1.23 bits per heavy atom. The first kappa shape index (κ1) is 15.0. The number of carbonyl (C=O) groups is 1. The van der Waals surface area contributed by atoms with Crippen LogP contribution in [0.3, 0.4) is 0 Å². The fraction of sp³-hybridized carbons (Fsp3) is 0.467. The first-order valence-electron chi connectivity index (χ1n) is 7.37. The number of amidine groups is 1. The van der Waals surface area contributed by atoms with Crippen LogP contribution in [0.5, 0.6) is 0 Å². The Morgan fingerprint density at radius 2 is 2.00 bits per heavy atom. The number of carbonyl (C=O) groups excluding carboxylic acids is 1. The number of sulfonamides is 1. The summed E-state index contributed by atoms with van der Waals surface area (Å²) in [5.41, 5.74) is 1.00. The van der Waals surface area contributed by atoms with Gasteiger partial charge in [0.1, 0.15) is 10.7 Å². The number of anilines is 1. The number of benzene rings is 1. The molecule has 1 amide bonds. The van der Waals surface area contributed by atoms with Gasteiger partial charge in [0, 0.05) is 32.6 Å². The lowest BCUT2D eigenvalue weighted by Crippen LogP contribution is -2.35. The molecule has 0 saturated carbocycles. The SMILES string of the molecule is CN(C)C(=O)c1ccc2c(c1)S(=O)(=O)N=C1CCCCCN12. The van der Waals surface area contributed by atoms with Gasteiger partial charge in [-0.25, -0.2) is 0 Å². The quantitative estimate of drug-likeness (QED) is 0.792. The zero-order valence-corrected chi connectivity index (χ0v) is 13.6. The molecule has 0 radical (unpaired) electrons. The van der Waals surface area contributed by atoms with E-state index < -0.39 is 10.0 Å². The molecule has 2 heterocycles. The minimum Gasteiger partial charge on any atom is -0.345 e. The highest BCUT2D eigenvalue weighted by Crippen LogP contribution is 2.35. The van der Waals surface area contributed by atoms with Gasteiger partial charge in [-0.05, 0) is 31.0 Å². The minimum atomic E-state index is -3.73. The Morgan fingerprint density at radius 3 is 2.73 bits per heavy atom. The van der Waals surface area contributed by atoms with Crippen LogP contribution in [0.15, 0.2) is 27.5 Å². The fourth-order valence-corrected chi connectivity index (χ4v) is 4.16. The van der Waals surface area contributed by atoms with E-state index in [1.165, 1.54) is 11.0 Å². The predicted octanol–water partition coefficient (Wildman–Crippen LogP) is 1.87. The topological polar surface area (TPSA) is 70.0 Å². The summed E-state index contributed by atoms with van der Waals surface area (Å²) < 4.78 is 28.9. The van der Waals surface area contributed by atoms with Crippen molar-refractivity contribution in [3.8, 4) is 0 Å². The van der Waals surface area contributed by atoms with Crippen LogP contribution in [-0.2, 0) is 10.0 Å². The number of hydrogen-bond acceptors (Lipinski definition) is 4. The summed E-state index contributed by atoms with van der Waals surface area (Å²) in [7, 11) is -0.454. The van der Waals surface area contributed by atoms with E-state index in [1.807, 2.05) is 4.90 Å². The maximum absolute atomic E-state index is 12.4. The van der Waals surface area contributed by atoms with Gasteiger partial charge in [0.25, 0.3) is 15.9 Å². The monoisotopic (exact) mass is 321 g/mol. The second-order valence-corrected chi connectivity index (χ2v) is 7.40. The van der Waals surface area contributed by atoms with Gasteiger partial charge < -0.3 is 9.80 Å². The van der Waals surface area contributed by atoms with E-state index in [-0.39, 0.29) is 10.8 Å². The largest absolute Gasteiger partial charge is 0.345 e. The van der Waals surface area contributed by atoms with E-state index in [9.17, 15) is 13.2 Å². The van der Waals surface area contributed by atoms with Crippen molar-refractivity contribution in [1.82, 2.24) is 4.90 Å². The number of rotatable bonds is 1. The average molecular weight is 321 g/mol. The zero-order chi connectivity index (χ0) is 15.9. The molecular weight excluding hydrogens is 302 g/mol. The van der Waals surface area contributed by atoms with Gasteiger partial charge in [0.2, 0.25) is 0 Å². The molecule has 0 atom stereocenters. The lowest BCUT2D eigenvalue weighted by molar-refractivity contribution is 0.0827. The summed E-state index contributed by atoms with van der Waals surface area (Å²) in [5, 5.41) is 0. The summed E-state index contributed by atoms with van der Waals surface area (Å²) in [6.45, 7) is 0.766. The number of hydrogen-bond donors (Lipinski definition) is 0. The molecule has 6 nitrogen and oxygen atoms in total. The van der Waals surface area contributed by atoms with Gasteiger partial charge in [-0.15, -0.1) is 4.40 Å². The van der Waals surface area contributed by atoms with Crippen molar-refractivity contribution in [3.63, 3.8) is 0 Å². The molecule has 1 aromatic rings. The molecule has 0 aliphatic carbocycles. The van der Waals surface area contributed by atoms with Gasteiger partial charge in [0.15, 0.2) is 0 Å². The van der Waals surface area contributed by atoms with Crippen molar-refractivity contribution < 1.29 is 13.2 Å². The van der Waals surface area contributed by atoms with Crippen LogP contribution >= 0.6 is 0 Å². The summed E-state index contributed by atoms with van der Waals surface area (Å²) in [6, 6.07) is 4.85. The number of amides is 1. The fourth-order valence-electron chi connectivity index (χ4n) is 2.87. The van der Waals surface area contributed by atoms with Gasteiger partial charge >= 0.3 is 0 Å². The third kappa shape index (κ3) is 2.49. The normalized spacial score (nSPS) is 19.5. The molecule has 0 unspecified atom stereocenters. The molecule has 0 N–H and O–H groups in total. The highest BCUT2D eigenvalue weighted by Gasteiger charge is 2.32. The van der Waals surface area contributed by atoms with Crippen molar-refractivity contribution in [1.29, 1.82) is 0 Å². The predicted molar refractivity (Wildman–Crippen MR) is 84.9 cm³/mol. The van der Waals surface area contributed by atoms with Crippen molar-refractivity contribution in [2.45, 2.75) is 30.6 Å². The first-order valence-corrected chi connectivity index (χ1v) is 8.81. The molecular formula is C15H19N3O3S. The molecule has 1 aromatic carbocycles. The van der Waals surface area contributed by atoms with E-state index in [0.29, 0.717) is 23.5 Å². The van der Waals surface area contributed by atoms with E-state index in [4.69, 9.17) is 0 Å². The Balaban J connectivity index is 2.13.